The van der Waals surface area contributed by atoms with E-state index < -0.39 is 0 Å². The number of fused-ring (bicyclic) bond motifs is 1. The largest absolute Gasteiger partial charge is 0.487 e. The van der Waals surface area contributed by atoms with Crippen molar-refractivity contribution in [3.63, 3.8) is 0 Å². The second kappa shape index (κ2) is 6.41. The summed E-state index contributed by atoms with van der Waals surface area (Å²) in [7, 11) is 0. The molecule has 0 fully saturated rings. The monoisotopic (exact) mass is 315 g/mol. The van der Waals surface area contributed by atoms with Gasteiger partial charge in [0.25, 0.3) is 0 Å². The van der Waals surface area contributed by atoms with Gasteiger partial charge in [-0.15, -0.1) is 0 Å². The van der Waals surface area contributed by atoms with Crippen molar-refractivity contribution in [2.24, 2.45) is 0 Å². The second-order valence-corrected chi connectivity index (χ2v) is 5.84. The Labute approximate surface area is 135 Å². The molecule has 3 nitrogen and oxygen atoms in total. The first-order chi connectivity index (χ1) is 10.7. The second-order valence-electron chi connectivity index (χ2n) is 5.44. The first kappa shape index (κ1) is 14.9. The van der Waals surface area contributed by atoms with E-state index in [0.717, 1.165) is 34.7 Å². The molecule has 22 heavy (non-hydrogen) atoms. The molecule has 114 valence electrons. The number of amides is 1. The number of ether oxygens (including phenoxy) is 1. The van der Waals surface area contributed by atoms with Crippen LogP contribution >= 0.6 is 11.6 Å². The van der Waals surface area contributed by atoms with Gasteiger partial charge >= 0.3 is 0 Å². The Morgan fingerprint density at radius 3 is 2.86 bits per heavy atom. The summed E-state index contributed by atoms with van der Waals surface area (Å²) >= 11 is 6.36. The third-order valence-electron chi connectivity index (χ3n) is 3.96. The third-order valence-corrected chi connectivity index (χ3v) is 4.29. The molecule has 0 spiro atoms. The van der Waals surface area contributed by atoms with Crippen LogP contribution in [0.5, 0.6) is 5.75 Å². The van der Waals surface area contributed by atoms with Gasteiger partial charge in [-0.2, -0.15) is 0 Å². The molecule has 1 N–H and O–H groups in total. The molecule has 0 saturated heterocycles. The molecule has 0 aromatic heterocycles. The molecule has 1 aliphatic rings. The van der Waals surface area contributed by atoms with Crippen LogP contribution < -0.4 is 10.1 Å². The molecule has 2 aromatic carbocycles. The molecule has 1 amide bonds. The van der Waals surface area contributed by atoms with Crippen molar-refractivity contribution in [1.29, 1.82) is 0 Å². The van der Waals surface area contributed by atoms with Crippen molar-refractivity contribution < 1.29 is 9.53 Å². The lowest BCUT2D eigenvalue weighted by atomic mass is 9.96. The molecule has 2 aromatic rings. The number of carbonyl (C=O) groups excluding carboxylic acids is 1. The average molecular weight is 316 g/mol. The fourth-order valence-electron chi connectivity index (χ4n) is 2.88. The number of carbonyl (C=O) groups is 1. The van der Waals surface area contributed by atoms with Gasteiger partial charge < -0.3 is 10.1 Å². The van der Waals surface area contributed by atoms with E-state index in [9.17, 15) is 4.79 Å². The highest BCUT2D eigenvalue weighted by molar-refractivity contribution is 6.33. The Morgan fingerprint density at radius 1 is 1.32 bits per heavy atom. The van der Waals surface area contributed by atoms with Crippen molar-refractivity contribution in [2.45, 2.75) is 25.9 Å². The van der Waals surface area contributed by atoms with E-state index in [-0.39, 0.29) is 6.10 Å². The number of nitrogens with one attached hydrogen (secondary N) is 1. The van der Waals surface area contributed by atoms with Crippen LogP contribution in [0.1, 0.15) is 18.1 Å². The van der Waals surface area contributed by atoms with Crippen molar-refractivity contribution >= 4 is 18.0 Å². The highest BCUT2D eigenvalue weighted by atomic mass is 35.5. The van der Waals surface area contributed by atoms with E-state index in [4.69, 9.17) is 16.3 Å². The zero-order valence-electron chi connectivity index (χ0n) is 12.4. The van der Waals surface area contributed by atoms with Crippen LogP contribution in [0.4, 0.5) is 0 Å². The van der Waals surface area contributed by atoms with Crippen molar-refractivity contribution in [2.75, 3.05) is 6.54 Å². The number of hydrogen-bond acceptors (Lipinski definition) is 2. The van der Waals surface area contributed by atoms with Gasteiger partial charge in [0.05, 0.1) is 6.54 Å². The zero-order chi connectivity index (χ0) is 15.5. The lowest BCUT2D eigenvalue weighted by Crippen LogP contribution is -2.29. The van der Waals surface area contributed by atoms with E-state index in [1.165, 1.54) is 11.1 Å². The highest BCUT2D eigenvalue weighted by Crippen LogP contribution is 2.42. The molecule has 0 radical (unpaired) electrons. The minimum Gasteiger partial charge on any atom is -0.487 e. The molecule has 3 rings (SSSR count). The Balaban J connectivity index is 2.03. The summed E-state index contributed by atoms with van der Waals surface area (Å²) in [5.74, 6) is 0.892. The van der Waals surface area contributed by atoms with Crippen LogP contribution in [0.25, 0.3) is 11.1 Å². The van der Waals surface area contributed by atoms with Crippen LogP contribution in [0, 0.1) is 0 Å². The predicted octanol–water partition coefficient (Wildman–Crippen LogP) is 3.62. The van der Waals surface area contributed by atoms with Crippen LogP contribution in [0.15, 0.2) is 36.4 Å². The Kier molecular flexibility index (Phi) is 4.34. The fraction of sp³-hybridized carbons (Fsp3) is 0.278. The molecule has 1 unspecified atom stereocenters. The standard InChI is InChI=1S/C18H18ClNO2/c1-2-12-7-13-9-14(10-20-11-21)22-18(13)16(8-12)15-5-3-4-6-17(15)19/h3-8,11,14H,2,9-10H2,1H3,(H,20,21). The number of aryl methyl sites for hydroxylation is 1. The number of halogens is 1. The number of rotatable bonds is 5. The van der Waals surface area contributed by atoms with Gasteiger partial charge in [0, 0.05) is 22.6 Å². The molecule has 0 bridgehead atoms. The summed E-state index contributed by atoms with van der Waals surface area (Å²) in [5, 5.41) is 3.41. The first-order valence-electron chi connectivity index (χ1n) is 7.47. The highest BCUT2D eigenvalue weighted by Gasteiger charge is 2.26. The number of hydrogen-bond donors (Lipinski definition) is 1. The summed E-state index contributed by atoms with van der Waals surface area (Å²) in [6.45, 7) is 2.65. The summed E-state index contributed by atoms with van der Waals surface area (Å²) in [6.07, 6.45) is 2.45. The maximum absolute atomic E-state index is 10.5. The summed E-state index contributed by atoms with van der Waals surface area (Å²) in [6, 6.07) is 12.1. The van der Waals surface area contributed by atoms with E-state index >= 15 is 0 Å². The quantitative estimate of drug-likeness (QED) is 0.856. The first-order valence-corrected chi connectivity index (χ1v) is 7.85. The van der Waals surface area contributed by atoms with Gasteiger partial charge in [-0.1, -0.05) is 42.8 Å². The summed E-state index contributed by atoms with van der Waals surface area (Å²) in [4.78, 5) is 10.5. The molecule has 0 saturated carbocycles. The Morgan fingerprint density at radius 2 is 2.14 bits per heavy atom. The molecular weight excluding hydrogens is 298 g/mol. The van der Waals surface area contributed by atoms with Crippen LogP contribution in [0.3, 0.4) is 0 Å². The molecule has 1 aliphatic heterocycles. The van der Waals surface area contributed by atoms with Crippen LogP contribution in [-0.4, -0.2) is 19.1 Å². The third kappa shape index (κ3) is 2.81. The lowest BCUT2D eigenvalue weighted by molar-refractivity contribution is -0.109. The lowest BCUT2D eigenvalue weighted by Gasteiger charge is -2.14. The van der Waals surface area contributed by atoms with Crippen molar-refractivity contribution in [3.8, 4) is 16.9 Å². The molecule has 4 heteroatoms. The van der Waals surface area contributed by atoms with Crippen LogP contribution in [0.2, 0.25) is 5.02 Å². The van der Waals surface area contributed by atoms with E-state index in [2.05, 4.69) is 24.4 Å². The van der Waals surface area contributed by atoms with E-state index in [1.807, 2.05) is 24.3 Å². The Bertz CT molecular complexity index is 699. The van der Waals surface area contributed by atoms with Gasteiger partial charge in [-0.05, 0) is 29.7 Å². The molecule has 1 heterocycles. The fourth-order valence-corrected chi connectivity index (χ4v) is 3.11. The van der Waals surface area contributed by atoms with Gasteiger partial charge in [0.2, 0.25) is 6.41 Å². The van der Waals surface area contributed by atoms with Gasteiger partial charge in [0.1, 0.15) is 11.9 Å². The topological polar surface area (TPSA) is 38.3 Å². The normalized spacial score (nSPS) is 16.0. The maximum Gasteiger partial charge on any atom is 0.207 e. The summed E-state index contributed by atoms with van der Waals surface area (Å²) in [5.41, 5.74) is 4.47. The molecular formula is C18H18ClNO2. The molecule has 0 aliphatic carbocycles. The van der Waals surface area contributed by atoms with Crippen molar-refractivity contribution in [1.82, 2.24) is 5.32 Å². The Hall–Kier alpha value is -2.00. The van der Waals surface area contributed by atoms with Gasteiger partial charge in [-0.25, -0.2) is 0 Å². The minimum absolute atomic E-state index is 0.0199. The molecule has 1 atom stereocenters. The SMILES string of the molecule is CCc1cc2c(c(-c3ccccc3Cl)c1)OC(CNC=O)C2. The predicted molar refractivity (Wildman–Crippen MR) is 88.5 cm³/mol. The van der Waals surface area contributed by atoms with Crippen LogP contribution in [-0.2, 0) is 17.6 Å². The van der Waals surface area contributed by atoms with Crippen molar-refractivity contribution in [3.05, 3.63) is 52.5 Å². The number of benzene rings is 2. The minimum atomic E-state index is -0.0199. The average Bonchev–Trinajstić information content (AvgIpc) is 2.95. The summed E-state index contributed by atoms with van der Waals surface area (Å²) < 4.78 is 6.07. The zero-order valence-corrected chi connectivity index (χ0v) is 13.2. The van der Waals surface area contributed by atoms with E-state index in [1.54, 1.807) is 0 Å². The van der Waals surface area contributed by atoms with Gasteiger partial charge in [0.15, 0.2) is 0 Å². The van der Waals surface area contributed by atoms with E-state index in [0.29, 0.717) is 13.0 Å². The maximum atomic E-state index is 10.5. The smallest absolute Gasteiger partial charge is 0.207 e. The van der Waals surface area contributed by atoms with Gasteiger partial charge in [-0.3, -0.25) is 4.79 Å².